The first kappa shape index (κ1) is 26.9. The average Bonchev–Trinajstić information content (AvgIpc) is 3.19. The molecule has 0 saturated carbocycles. The summed E-state index contributed by atoms with van der Waals surface area (Å²) in [4.78, 5) is 9.05. The van der Waals surface area contributed by atoms with Gasteiger partial charge in [-0.05, 0) is 44.9 Å². The standard InChI is InChI=1S/C22H37FN4O2.HI/c1-5-24-22(27-11-10-19(16-27)17-29-13-12-28-4)25-15-18-8-9-21(20(23)14-18)26(6-2)7-3;/h8-9,14,19H,5-7,10-13,15-17H2,1-4H3,(H,24,25);1H. The van der Waals surface area contributed by atoms with Crippen molar-refractivity contribution >= 4 is 35.6 Å². The summed E-state index contributed by atoms with van der Waals surface area (Å²) in [6.45, 7) is 12.9. The zero-order chi connectivity index (χ0) is 21.1. The van der Waals surface area contributed by atoms with Crippen molar-refractivity contribution in [3.8, 4) is 0 Å². The van der Waals surface area contributed by atoms with Gasteiger partial charge < -0.3 is 24.6 Å². The number of ether oxygens (including phenoxy) is 2. The van der Waals surface area contributed by atoms with Crippen LogP contribution in [0.15, 0.2) is 23.2 Å². The average molecular weight is 536 g/mol. The molecule has 0 aromatic heterocycles. The number of rotatable bonds is 11. The van der Waals surface area contributed by atoms with Crippen molar-refractivity contribution in [1.29, 1.82) is 0 Å². The van der Waals surface area contributed by atoms with Crippen LogP contribution < -0.4 is 10.2 Å². The van der Waals surface area contributed by atoms with Gasteiger partial charge in [0.15, 0.2) is 5.96 Å². The number of hydrogen-bond acceptors (Lipinski definition) is 4. The Labute approximate surface area is 198 Å². The van der Waals surface area contributed by atoms with E-state index < -0.39 is 0 Å². The van der Waals surface area contributed by atoms with E-state index in [1.165, 1.54) is 0 Å². The quantitative estimate of drug-likeness (QED) is 0.202. The van der Waals surface area contributed by atoms with Gasteiger partial charge in [-0.1, -0.05) is 6.07 Å². The van der Waals surface area contributed by atoms with Crippen LogP contribution >= 0.6 is 24.0 Å². The fourth-order valence-corrected chi connectivity index (χ4v) is 3.61. The molecule has 0 radical (unpaired) electrons. The molecule has 1 aliphatic heterocycles. The molecule has 1 atom stereocenters. The molecule has 172 valence electrons. The third-order valence-electron chi connectivity index (χ3n) is 5.23. The van der Waals surface area contributed by atoms with E-state index in [0.29, 0.717) is 31.4 Å². The summed E-state index contributed by atoms with van der Waals surface area (Å²) in [6, 6.07) is 5.45. The molecule has 1 aromatic carbocycles. The normalized spacial score (nSPS) is 16.5. The highest BCUT2D eigenvalue weighted by atomic mass is 127. The van der Waals surface area contributed by atoms with E-state index in [9.17, 15) is 4.39 Å². The van der Waals surface area contributed by atoms with Gasteiger partial charge in [-0.2, -0.15) is 0 Å². The lowest BCUT2D eigenvalue weighted by molar-refractivity contribution is 0.0536. The van der Waals surface area contributed by atoms with Crippen molar-refractivity contribution in [2.24, 2.45) is 10.9 Å². The second-order valence-corrected chi connectivity index (χ2v) is 7.30. The Morgan fingerprint density at radius 1 is 1.27 bits per heavy atom. The maximum absolute atomic E-state index is 14.5. The Morgan fingerprint density at radius 3 is 2.67 bits per heavy atom. The van der Waals surface area contributed by atoms with Gasteiger partial charge >= 0.3 is 0 Å². The third-order valence-corrected chi connectivity index (χ3v) is 5.23. The predicted molar refractivity (Wildman–Crippen MR) is 133 cm³/mol. The van der Waals surface area contributed by atoms with Gasteiger partial charge in [-0.3, -0.25) is 0 Å². The van der Waals surface area contributed by atoms with Crippen molar-refractivity contribution in [3.05, 3.63) is 29.6 Å². The fourth-order valence-electron chi connectivity index (χ4n) is 3.61. The van der Waals surface area contributed by atoms with Gasteiger partial charge in [-0.15, -0.1) is 24.0 Å². The van der Waals surface area contributed by atoms with E-state index in [-0.39, 0.29) is 29.8 Å². The minimum absolute atomic E-state index is 0. The van der Waals surface area contributed by atoms with E-state index in [4.69, 9.17) is 14.5 Å². The SMILES string of the molecule is CCNC(=NCc1ccc(N(CC)CC)c(F)c1)N1CCC(COCCOC)C1.I. The van der Waals surface area contributed by atoms with Gasteiger partial charge in [0.05, 0.1) is 32.1 Å². The molecule has 6 nitrogen and oxygen atoms in total. The van der Waals surface area contributed by atoms with Crippen molar-refractivity contribution in [2.45, 2.75) is 33.7 Å². The molecule has 1 aromatic rings. The molecule has 1 heterocycles. The molecule has 0 bridgehead atoms. The van der Waals surface area contributed by atoms with Crippen LogP contribution in [0.5, 0.6) is 0 Å². The van der Waals surface area contributed by atoms with E-state index >= 15 is 0 Å². The Balaban J connectivity index is 0.00000450. The molecule has 0 spiro atoms. The van der Waals surface area contributed by atoms with Crippen molar-refractivity contribution in [2.75, 3.05) is 64.6 Å². The van der Waals surface area contributed by atoms with Crippen LogP contribution in [0.4, 0.5) is 10.1 Å². The smallest absolute Gasteiger partial charge is 0.194 e. The topological polar surface area (TPSA) is 49.3 Å². The summed E-state index contributed by atoms with van der Waals surface area (Å²) >= 11 is 0. The molecule has 0 amide bonds. The Kier molecular flexibility index (Phi) is 13.3. The van der Waals surface area contributed by atoms with Crippen LogP contribution in [0.25, 0.3) is 0 Å². The number of likely N-dealkylation sites (tertiary alicyclic amines) is 1. The van der Waals surface area contributed by atoms with Crippen LogP contribution in [0.3, 0.4) is 0 Å². The van der Waals surface area contributed by atoms with Gasteiger partial charge in [0.1, 0.15) is 5.82 Å². The van der Waals surface area contributed by atoms with Gasteiger partial charge in [0, 0.05) is 45.8 Å². The molecule has 1 unspecified atom stereocenters. The number of nitrogens with one attached hydrogen (secondary N) is 1. The molecule has 0 aliphatic carbocycles. The minimum atomic E-state index is -0.180. The van der Waals surface area contributed by atoms with Crippen molar-refractivity contribution < 1.29 is 13.9 Å². The highest BCUT2D eigenvalue weighted by Crippen LogP contribution is 2.21. The van der Waals surface area contributed by atoms with E-state index in [0.717, 1.165) is 57.3 Å². The molecule has 1 fully saturated rings. The number of anilines is 1. The molecule has 1 N–H and O–H groups in total. The van der Waals surface area contributed by atoms with Gasteiger partial charge in [0.2, 0.25) is 0 Å². The van der Waals surface area contributed by atoms with E-state index in [1.54, 1.807) is 13.2 Å². The lowest BCUT2D eigenvalue weighted by Gasteiger charge is -2.22. The maximum atomic E-state index is 14.5. The highest BCUT2D eigenvalue weighted by molar-refractivity contribution is 14.0. The van der Waals surface area contributed by atoms with Crippen molar-refractivity contribution in [3.63, 3.8) is 0 Å². The number of benzene rings is 1. The molecule has 8 heteroatoms. The molecular weight excluding hydrogens is 498 g/mol. The molecule has 1 aliphatic rings. The zero-order valence-corrected chi connectivity index (χ0v) is 21.2. The summed E-state index contributed by atoms with van der Waals surface area (Å²) in [5.74, 6) is 1.21. The number of aliphatic imine (C=N–C) groups is 1. The molecule has 1 saturated heterocycles. The first-order valence-corrected chi connectivity index (χ1v) is 10.8. The first-order chi connectivity index (χ1) is 14.1. The summed E-state index contributed by atoms with van der Waals surface area (Å²) < 4.78 is 25.2. The summed E-state index contributed by atoms with van der Waals surface area (Å²) in [5.41, 5.74) is 1.54. The van der Waals surface area contributed by atoms with Crippen LogP contribution in [0, 0.1) is 11.7 Å². The summed E-state index contributed by atoms with van der Waals surface area (Å²) in [7, 11) is 1.68. The van der Waals surface area contributed by atoms with Gasteiger partial charge in [-0.25, -0.2) is 9.38 Å². The number of hydrogen-bond donors (Lipinski definition) is 1. The van der Waals surface area contributed by atoms with Gasteiger partial charge in [0.25, 0.3) is 0 Å². The van der Waals surface area contributed by atoms with Crippen LogP contribution in [-0.2, 0) is 16.0 Å². The summed E-state index contributed by atoms with van der Waals surface area (Å²) in [5, 5.41) is 3.37. The summed E-state index contributed by atoms with van der Waals surface area (Å²) in [6.07, 6.45) is 1.09. The Bertz CT molecular complexity index is 644. The molecule has 30 heavy (non-hydrogen) atoms. The van der Waals surface area contributed by atoms with Crippen LogP contribution in [0.1, 0.15) is 32.8 Å². The highest BCUT2D eigenvalue weighted by Gasteiger charge is 2.25. The van der Waals surface area contributed by atoms with Crippen LogP contribution in [-0.4, -0.2) is 70.5 Å². The van der Waals surface area contributed by atoms with E-state index in [1.807, 2.05) is 30.9 Å². The Morgan fingerprint density at radius 2 is 2.03 bits per heavy atom. The number of methoxy groups -OCH3 is 1. The maximum Gasteiger partial charge on any atom is 0.194 e. The van der Waals surface area contributed by atoms with Crippen LogP contribution in [0.2, 0.25) is 0 Å². The number of nitrogens with zero attached hydrogens (tertiary/aromatic N) is 3. The lowest BCUT2D eigenvalue weighted by atomic mass is 10.1. The van der Waals surface area contributed by atoms with E-state index in [2.05, 4.69) is 17.1 Å². The predicted octanol–water partition coefficient (Wildman–Crippen LogP) is 3.74. The largest absolute Gasteiger partial charge is 0.382 e. The minimum Gasteiger partial charge on any atom is -0.382 e. The molecular formula is C22H38FIN4O2. The monoisotopic (exact) mass is 536 g/mol. The van der Waals surface area contributed by atoms with Crippen molar-refractivity contribution in [1.82, 2.24) is 10.2 Å². The zero-order valence-electron chi connectivity index (χ0n) is 18.8. The third kappa shape index (κ3) is 8.19. The molecule has 2 rings (SSSR count). The first-order valence-electron chi connectivity index (χ1n) is 10.8. The Hall–Kier alpha value is -1.13. The number of halogens is 2. The second-order valence-electron chi connectivity index (χ2n) is 7.30. The lowest BCUT2D eigenvalue weighted by Crippen LogP contribution is -2.40. The fraction of sp³-hybridized carbons (Fsp3) is 0.682. The number of guanidine groups is 1. The second kappa shape index (κ2) is 14.8.